The molecule has 158 valence electrons. The maximum absolute atomic E-state index is 11.9. The lowest BCUT2D eigenvalue weighted by Gasteiger charge is -2.39. The van der Waals surface area contributed by atoms with E-state index in [1.165, 1.54) is 50.1 Å². The highest BCUT2D eigenvalue weighted by atomic mass is 16.2. The van der Waals surface area contributed by atoms with Gasteiger partial charge in [0.2, 0.25) is 11.8 Å². The molecule has 0 unspecified atom stereocenters. The Balaban J connectivity index is 1.44. The highest BCUT2D eigenvalue weighted by Gasteiger charge is 2.27. The van der Waals surface area contributed by atoms with Crippen LogP contribution in [0.1, 0.15) is 71.1 Å². The number of nitrogens with one attached hydrogen (secondary N) is 2. The van der Waals surface area contributed by atoms with E-state index in [0.717, 1.165) is 31.4 Å². The molecule has 0 aromatic heterocycles. The van der Waals surface area contributed by atoms with Gasteiger partial charge in [0, 0.05) is 51.1 Å². The third-order valence-electron chi connectivity index (χ3n) is 6.28. The number of likely N-dealkylation sites (tertiary alicyclic amines) is 2. The minimum atomic E-state index is -0.0560. The van der Waals surface area contributed by atoms with Gasteiger partial charge in [0.05, 0.1) is 6.54 Å². The van der Waals surface area contributed by atoms with Crippen LogP contribution in [-0.4, -0.2) is 72.4 Å². The second kappa shape index (κ2) is 10.8. The first-order valence-corrected chi connectivity index (χ1v) is 11.3. The summed E-state index contributed by atoms with van der Waals surface area (Å²) < 4.78 is 0. The summed E-state index contributed by atoms with van der Waals surface area (Å²) in [4.78, 5) is 32.5. The van der Waals surface area contributed by atoms with Crippen molar-refractivity contribution in [3.63, 3.8) is 0 Å². The van der Waals surface area contributed by atoms with Crippen LogP contribution in [0.2, 0.25) is 0 Å². The number of imide groups is 1. The molecule has 3 aliphatic rings. The molecule has 2 aliphatic heterocycles. The second-order valence-electron chi connectivity index (χ2n) is 8.30. The Labute approximate surface area is 169 Å². The molecule has 2 saturated heterocycles. The summed E-state index contributed by atoms with van der Waals surface area (Å²) in [6.45, 7) is 6.02. The monoisotopic (exact) mass is 391 g/mol. The van der Waals surface area contributed by atoms with Crippen LogP contribution in [0.25, 0.3) is 0 Å². The normalized spacial score (nSPS) is 23.9. The molecule has 0 spiro atoms. The second-order valence-corrected chi connectivity index (χ2v) is 8.30. The van der Waals surface area contributed by atoms with Gasteiger partial charge in [-0.05, 0) is 39.0 Å². The molecule has 0 aromatic rings. The SMILES string of the molecule is CCNC(=NCCN1C(=O)CCCC1=O)NC1CCN(C2CCCCC2)CC1. The molecule has 0 aromatic carbocycles. The number of nitrogens with zero attached hydrogens (tertiary/aromatic N) is 3. The average Bonchev–Trinajstić information content (AvgIpc) is 2.71. The van der Waals surface area contributed by atoms with Crippen LogP contribution < -0.4 is 10.6 Å². The van der Waals surface area contributed by atoms with Crippen molar-refractivity contribution in [2.45, 2.75) is 83.2 Å². The van der Waals surface area contributed by atoms with Crippen LogP contribution >= 0.6 is 0 Å². The van der Waals surface area contributed by atoms with Gasteiger partial charge >= 0.3 is 0 Å². The molecular weight excluding hydrogens is 354 g/mol. The molecule has 1 saturated carbocycles. The predicted molar refractivity (Wildman–Crippen MR) is 111 cm³/mol. The molecule has 0 radical (unpaired) electrons. The lowest BCUT2D eigenvalue weighted by Crippen LogP contribution is -2.51. The van der Waals surface area contributed by atoms with Crippen molar-refractivity contribution in [2.75, 3.05) is 32.7 Å². The minimum Gasteiger partial charge on any atom is -0.357 e. The summed E-state index contributed by atoms with van der Waals surface area (Å²) in [6, 6.07) is 1.24. The van der Waals surface area contributed by atoms with Crippen LogP contribution in [0.4, 0.5) is 0 Å². The Morgan fingerprint density at radius 1 is 1.00 bits per heavy atom. The fourth-order valence-corrected chi connectivity index (χ4v) is 4.68. The lowest BCUT2D eigenvalue weighted by molar-refractivity contribution is -0.147. The van der Waals surface area contributed by atoms with E-state index in [0.29, 0.717) is 38.4 Å². The molecule has 3 rings (SSSR count). The number of rotatable bonds is 6. The van der Waals surface area contributed by atoms with E-state index >= 15 is 0 Å². The van der Waals surface area contributed by atoms with Gasteiger partial charge in [-0.25, -0.2) is 0 Å². The number of piperidine rings is 2. The van der Waals surface area contributed by atoms with E-state index in [2.05, 4.69) is 27.4 Å². The quantitative estimate of drug-likeness (QED) is 0.411. The van der Waals surface area contributed by atoms with Gasteiger partial charge < -0.3 is 15.5 Å². The van der Waals surface area contributed by atoms with E-state index in [9.17, 15) is 9.59 Å². The van der Waals surface area contributed by atoms with Crippen molar-refractivity contribution < 1.29 is 9.59 Å². The number of carbonyl (C=O) groups excluding carboxylic acids is 2. The van der Waals surface area contributed by atoms with Gasteiger partial charge in [-0.3, -0.25) is 19.5 Å². The zero-order chi connectivity index (χ0) is 19.8. The van der Waals surface area contributed by atoms with Crippen LogP contribution in [0.15, 0.2) is 4.99 Å². The molecule has 2 heterocycles. The van der Waals surface area contributed by atoms with Gasteiger partial charge in [0.1, 0.15) is 0 Å². The Bertz CT molecular complexity index is 535. The molecule has 3 fully saturated rings. The maximum atomic E-state index is 11.9. The average molecular weight is 392 g/mol. The third kappa shape index (κ3) is 5.93. The summed E-state index contributed by atoms with van der Waals surface area (Å²) in [7, 11) is 0. The number of guanidine groups is 1. The van der Waals surface area contributed by atoms with Crippen LogP contribution in [0, 0.1) is 0 Å². The predicted octanol–water partition coefficient (Wildman–Crippen LogP) is 1.88. The molecule has 0 atom stereocenters. The zero-order valence-corrected chi connectivity index (χ0v) is 17.4. The number of hydrogen-bond donors (Lipinski definition) is 2. The summed E-state index contributed by atoms with van der Waals surface area (Å²) in [5, 5.41) is 6.87. The molecule has 7 nitrogen and oxygen atoms in total. The number of aliphatic imine (C=N–C) groups is 1. The van der Waals surface area contributed by atoms with Gasteiger partial charge in [-0.15, -0.1) is 0 Å². The smallest absolute Gasteiger partial charge is 0.229 e. The zero-order valence-electron chi connectivity index (χ0n) is 17.4. The molecule has 2 N–H and O–H groups in total. The lowest BCUT2D eigenvalue weighted by atomic mass is 9.92. The van der Waals surface area contributed by atoms with Gasteiger partial charge in [0.25, 0.3) is 0 Å². The Morgan fingerprint density at radius 3 is 2.32 bits per heavy atom. The summed E-state index contributed by atoms with van der Waals surface area (Å²) >= 11 is 0. The van der Waals surface area contributed by atoms with E-state index < -0.39 is 0 Å². The number of carbonyl (C=O) groups is 2. The van der Waals surface area contributed by atoms with Crippen molar-refractivity contribution in [3.05, 3.63) is 0 Å². The van der Waals surface area contributed by atoms with Crippen LogP contribution in [0.5, 0.6) is 0 Å². The van der Waals surface area contributed by atoms with Crippen LogP contribution in [0.3, 0.4) is 0 Å². The minimum absolute atomic E-state index is 0.0560. The summed E-state index contributed by atoms with van der Waals surface area (Å²) in [6.07, 6.45) is 10.9. The number of amides is 2. The van der Waals surface area contributed by atoms with Gasteiger partial charge in [0.15, 0.2) is 5.96 Å². The van der Waals surface area contributed by atoms with E-state index in [1.54, 1.807) is 0 Å². The summed E-state index contributed by atoms with van der Waals surface area (Å²) in [5.41, 5.74) is 0. The highest BCUT2D eigenvalue weighted by Crippen LogP contribution is 2.25. The van der Waals surface area contributed by atoms with Gasteiger partial charge in [-0.2, -0.15) is 0 Å². The molecular formula is C21H37N5O2. The molecule has 7 heteroatoms. The van der Waals surface area contributed by atoms with Crippen molar-refractivity contribution in [1.82, 2.24) is 20.4 Å². The van der Waals surface area contributed by atoms with Crippen LogP contribution in [-0.2, 0) is 9.59 Å². The maximum Gasteiger partial charge on any atom is 0.229 e. The first-order valence-electron chi connectivity index (χ1n) is 11.3. The first kappa shape index (κ1) is 21.1. The largest absolute Gasteiger partial charge is 0.357 e. The first-order chi connectivity index (χ1) is 13.7. The third-order valence-corrected chi connectivity index (χ3v) is 6.28. The van der Waals surface area contributed by atoms with E-state index in [4.69, 9.17) is 0 Å². The topological polar surface area (TPSA) is 77.0 Å². The summed E-state index contributed by atoms with van der Waals surface area (Å²) in [5.74, 6) is 0.689. The van der Waals surface area contributed by atoms with E-state index in [-0.39, 0.29) is 11.8 Å². The Hall–Kier alpha value is -1.63. The standard InChI is InChI=1S/C21H37N5O2/c1-2-22-21(23-13-16-26-19(27)9-6-10-20(26)28)24-17-11-14-25(15-12-17)18-7-4-3-5-8-18/h17-18H,2-16H2,1H3,(H2,22,23,24). The van der Waals surface area contributed by atoms with E-state index in [1.807, 2.05) is 0 Å². The van der Waals surface area contributed by atoms with Crippen molar-refractivity contribution in [2.24, 2.45) is 4.99 Å². The van der Waals surface area contributed by atoms with Crippen molar-refractivity contribution in [1.29, 1.82) is 0 Å². The molecule has 28 heavy (non-hydrogen) atoms. The van der Waals surface area contributed by atoms with Gasteiger partial charge in [-0.1, -0.05) is 19.3 Å². The molecule has 2 amide bonds. The van der Waals surface area contributed by atoms with Crippen molar-refractivity contribution >= 4 is 17.8 Å². The highest BCUT2D eigenvalue weighted by molar-refractivity contribution is 5.97. The fraction of sp³-hybridized carbons (Fsp3) is 0.857. The molecule has 0 bridgehead atoms. The fourth-order valence-electron chi connectivity index (χ4n) is 4.68. The molecule has 1 aliphatic carbocycles. The Morgan fingerprint density at radius 2 is 1.68 bits per heavy atom. The Kier molecular flexibility index (Phi) is 8.13. The van der Waals surface area contributed by atoms with Crippen molar-refractivity contribution in [3.8, 4) is 0 Å². The number of hydrogen-bond acceptors (Lipinski definition) is 4.